The van der Waals surface area contributed by atoms with E-state index in [2.05, 4.69) is 10.3 Å². The van der Waals surface area contributed by atoms with Crippen LogP contribution < -0.4 is 10.9 Å². The number of nitrogens with zero attached hydrogens (tertiary/aromatic N) is 1. The molecule has 8 heteroatoms. The number of carbonyl (C=O) groups excluding carboxylic acids is 1. The van der Waals surface area contributed by atoms with Gasteiger partial charge in [0.25, 0.3) is 5.91 Å². The fourth-order valence-corrected chi connectivity index (χ4v) is 3.31. The second-order valence-corrected chi connectivity index (χ2v) is 7.14. The van der Waals surface area contributed by atoms with Crippen molar-refractivity contribution in [2.75, 3.05) is 13.2 Å². The third-order valence-electron chi connectivity index (χ3n) is 4.60. The van der Waals surface area contributed by atoms with Crippen molar-refractivity contribution in [3.05, 3.63) is 70.2 Å². The first-order chi connectivity index (χ1) is 14.0. The zero-order chi connectivity index (χ0) is 20.4. The van der Waals surface area contributed by atoms with Gasteiger partial charge in [-0.3, -0.25) is 4.79 Å². The van der Waals surface area contributed by atoms with Crippen molar-refractivity contribution in [1.29, 1.82) is 0 Å². The Morgan fingerprint density at radius 1 is 1.17 bits per heavy atom. The third-order valence-corrected chi connectivity index (χ3v) is 4.84. The van der Waals surface area contributed by atoms with E-state index < -0.39 is 17.5 Å². The van der Waals surface area contributed by atoms with Gasteiger partial charge in [-0.15, -0.1) is 0 Å². The number of fused-ring (bicyclic) bond motifs is 1. The van der Waals surface area contributed by atoms with Crippen LogP contribution in [0.3, 0.4) is 0 Å². The highest BCUT2D eigenvalue weighted by Gasteiger charge is 2.18. The quantitative estimate of drug-likeness (QED) is 0.678. The number of nitrogens with one attached hydrogen (secondary N) is 1. The summed E-state index contributed by atoms with van der Waals surface area (Å²) in [6, 6.07) is 9.76. The Bertz CT molecular complexity index is 1140. The molecule has 3 aromatic rings. The van der Waals surface area contributed by atoms with Gasteiger partial charge in [-0.25, -0.2) is 13.8 Å². The lowest BCUT2D eigenvalue weighted by Gasteiger charge is -2.11. The first-order valence-corrected chi connectivity index (χ1v) is 9.50. The SMILES string of the molecule is O=C(NCC1CCCO1)c1cc2cc(Cl)ccc2oc1=Nc1ccc(F)c(F)c1. The zero-order valence-corrected chi connectivity index (χ0v) is 16.0. The first kappa shape index (κ1) is 19.5. The molecule has 2 heterocycles. The van der Waals surface area contributed by atoms with E-state index in [9.17, 15) is 13.6 Å². The largest absolute Gasteiger partial charge is 0.438 e. The molecule has 1 atom stereocenters. The number of hydrogen-bond donors (Lipinski definition) is 1. The molecule has 29 heavy (non-hydrogen) atoms. The predicted octanol–water partition coefficient (Wildman–Crippen LogP) is 4.51. The van der Waals surface area contributed by atoms with Crippen molar-refractivity contribution in [1.82, 2.24) is 5.32 Å². The topological polar surface area (TPSA) is 63.8 Å². The molecule has 0 radical (unpaired) electrons. The van der Waals surface area contributed by atoms with Crippen LogP contribution in [0.1, 0.15) is 23.2 Å². The summed E-state index contributed by atoms with van der Waals surface area (Å²) in [6.07, 6.45) is 1.81. The minimum absolute atomic E-state index is 0.0179. The van der Waals surface area contributed by atoms with E-state index in [1.54, 1.807) is 24.3 Å². The highest BCUT2D eigenvalue weighted by atomic mass is 35.5. The molecule has 1 amide bonds. The van der Waals surface area contributed by atoms with Crippen LogP contribution in [0.25, 0.3) is 11.0 Å². The molecule has 1 N–H and O–H groups in total. The highest BCUT2D eigenvalue weighted by Crippen LogP contribution is 2.20. The molecule has 0 spiro atoms. The zero-order valence-electron chi connectivity index (χ0n) is 15.3. The van der Waals surface area contributed by atoms with Gasteiger partial charge < -0.3 is 14.5 Å². The van der Waals surface area contributed by atoms with Crippen molar-refractivity contribution >= 4 is 34.2 Å². The van der Waals surface area contributed by atoms with E-state index in [0.29, 0.717) is 29.1 Å². The Morgan fingerprint density at radius 2 is 2.03 bits per heavy atom. The number of amides is 1. The molecule has 150 valence electrons. The molecular formula is C21H17ClF2N2O3. The molecule has 2 aromatic carbocycles. The molecule has 1 aromatic heterocycles. The maximum Gasteiger partial charge on any atom is 0.256 e. The van der Waals surface area contributed by atoms with Crippen LogP contribution >= 0.6 is 11.6 Å². The second-order valence-electron chi connectivity index (χ2n) is 6.70. The van der Waals surface area contributed by atoms with E-state index in [0.717, 1.165) is 25.0 Å². The van der Waals surface area contributed by atoms with Gasteiger partial charge >= 0.3 is 0 Å². The highest BCUT2D eigenvalue weighted by molar-refractivity contribution is 6.31. The monoisotopic (exact) mass is 418 g/mol. The van der Waals surface area contributed by atoms with E-state index in [1.807, 2.05) is 0 Å². The van der Waals surface area contributed by atoms with E-state index in [1.165, 1.54) is 6.07 Å². The summed E-state index contributed by atoms with van der Waals surface area (Å²) in [7, 11) is 0. The number of benzene rings is 2. The number of halogens is 3. The summed E-state index contributed by atoms with van der Waals surface area (Å²) in [6.45, 7) is 1.04. The minimum Gasteiger partial charge on any atom is -0.438 e. The summed E-state index contributed by atoms with van der Waals surface area (Å²) in [5.41, 5.74) is 0.707. The summed E-state index contributed by atoms with van der Waals surface area (Å²) in [5, 5.41) is 3.92. The lowest BCUT2D eigenvalue weighted by Crippen LogP contribution is -2.34. The fourth-order valence-electron chi connectivity index (χ4n) is 3.13. The predicted molar refractivity (Wildman–Crippen MR) is 104 cm³/mol. The lowest BCUT2D eigenvalue weighted by molar-refractivity contribution is 0.0854. The first-order valence-electron chi connectivity index (χ1n) is 9.12. The number of carbonyl (C=O) groups is 1. The number of ether oxygens (including phenoxy) is 1. The van der Waals surface area contributed by atoms with Crippen molar-refractivity contribution in [3.63, 3.8) is 0 Å². The fraction of sp³-hybridized carbons (Fsp3) is 0.238. The second kappa shape index (κ2) is 8.31. The van der Waals surface area contributed by atoms with Gasteiger partial charge in [-0.2, -0.15) is 0 Å². The molecule has 4 rings (SSSR count). The van der Waals surface area contributed by atoms with E-state index >= 15 is 0 Å². The normalized spacial score (nSPS) is 17.1. The molecule has 1 saturated heterocycles. The van der Waals surface area contributed by atoms with Crippen LogP contribution in [-0.4, -0.2) is 25.2 Å². The molecule has 0 saturated carbocycles. The lowest BCUT2D eigenvalue weighted by atomic mass is 10.1. The van der Waals surface area contributed by atoms with Gasteiger partial charge in [0, 0.05) is 29.6 Å². The average Bonchev–Trinajstić information content (AvgIpc) is 3.22. The molecule has 1 unspecified atom stereocenters. The van der Waals surface area contributed by atoms with Crippen LogP contribution in [0.5, 0.6) is 0 Å². The van der Waals surface area contributed by atoms with Crippen LogP contribution in [0.2, 0.25) is 5.02 Å². The average molecular weight is 419 g/mol. The molecule has 0 aliphatic carbocycles. The minimum atomic E-state index is -1.04. The van der Waals surface area contributed by atoms with Crippen molar-refractivity contribution in [3.8, 4) is 0 Å². The standard InChI is InChI=1S/C21H17ClF2N2O3/c22-13-3-6-19-12(8-13)9-16(20(27)25-11-15-2-1-7-28-15)21(29-19)26-14-4-5-17(23)18(24)10-14/h3-6,8-10,15H,1-2,7,11H2,(H,25,27). The van der Waals surface area contributed by atoms with Gasteiger partial charge in [0.2, 0.25) is 5.55 Å². The molecule has 1 fully saturated rings. The molecule has 5 nitrogen and oxygen atoms in total. The molecule has 1 aliphatic rings. The number of rotatable bonds is 4. The molecule has 1 aliphatic heterocycles. The summed E-state index contributed by atoms with van der Waals surface area (Å²) >= 11 is 6.04. The Morgan fingerprint density at radius 3 is 2.79 bits per heavy atom. The van der Waals surface area contributed by atoms with Crippen LogP contribution in [-0.2, 0) is 4.74 Å². The summed E-state index contributed by atoms with van der Waals surface area (Å²) < 4.78 is 38.1. The van der Waals surface area contributed by atoms with Crippen LogP contribution in [0.4, 0.5) is 14.5 Å². The van der Waals surface area contributed by atoms with E-state index in [4.69, 9.17) is 20.8 Å². The third kappa shape index (κ3) is 4.46. The Hall–Kier alpha value is -2.77. The van der Waals surface area contributed by atoms with Gasteiger partial charge in [0.05, 0.1) is 11.8 Å². The maximum absolute atomic E-state index is 13.6. The van der Waals surface area contributed by atoms with Gasteiger partial charge in [0.1, 0.15) is 11.1 Å². The van der Waals surface area contributed by atoms with Crippen LogP contribution in [0, 0.1) is 11.6 Å². The Labute approximate surface area is 170 Å². The summed E-state index contributed by atoms with van der Waals surface area (Å²) in [5.74, 6) is -2.43. The maximum atomic E-state index is 13.6. The Balaban J connectivity index is 1.76. The summed E-state index contributed by atoms with van der Waals surface area (Å²) in [4.78, 5) is 17.0. The smallest absolute Gasteiger partial charge is 0.256 e. The molecular weight excluding hydrogens is 402 g/mol. The van der Waals surface area contributed by atoms with Gasteiger partial charge in [-0.1, -0.05) is 11.6 Å². The van der Waals surface area contributed by atoms with Crippen molar-refractivity contribution in [2.24, 2.45) is 4.99 Å². The molecule has 0 bridgehead atoms. The Kier molecular flexibility index (Phi) is 5.60. The van der Waals surface area contributed by atoms with Crippen molar-refractivity contribution < 1.29 is 22.7 Å². The van der Waals surface area contributed by atoms with Gasteiger partial charge in [-0.05, 0) is 49.2 Å². The van der Waals surface area contributed by atoms with E-state index in [-0.39, 0.29) is 22.9 Å². The van der Waals surface area contributed by atoms with Crippen molar-refractivity contribution in [2.45, 2.75) is 18.9 Å². The van der Waals surface area contributed by atoms with Gasteiger partial charge in [0.15, 0.2) is 11.6 Å². The number of hydrogen-bond acceptors (Lipinski definition) is 4. The van der Waals surface area contributed by atoms with Crippen LogP contribution in [0.15, 0.2) is 51.9 Å².